The van der Waals surface area contributed by atoms with Gasteiger partial charge in [-0.25, -0.2) is 9.97 Å². The second kappa shape index (κ2) is 8.27. The van der Waals surface area contributed by atoms with E-state index in [0.717, 1.165) is 18.8 Å². The molecular weight excluding hydrogens is 374 g/mol. The first kappa shape index (κ1) is 18.3. The number of carbonyl (C=O) groups is 1. The number of nitrogens with zero attached hydrogens (tertiary/aromatic N) is 4. The minimum absolute atomic E-state index is 0.0398. The number of benzene rings is 2. The highest BCUT2D eigenvalue weighted by atomic mass is 35.5. The first-order valence-corrected chi connectivity index (χ1v) is 9.51. The summed E-state index contributed by atoms with van der Waals surface area (Å²) in [6.07, 6.45) is 3.12. The van der Waals surface area contributed by atoms with Crippen LogP contribution in [0.2, 0.25) is 5.02 Å². The number of rotatable bonds is 4. The van der Waals surface area contributed by atoms with Crippen LogP contribution in [0.4, 0.5) is 17.3 Å². The summed E-state index contributed by atoms with van der Waals surface area (Å²) in [4.78, 5) is 25.4. The van der Waals surface area contributed by atoms with Gasteiger partial charge in [0.2, 0.25) is 5.95 Å². The van der Waals surface area contributed by atoms with Gasteiger partial charge in [-0.3, -0.25) is 4.79 Å². The molecule has 4 rings (SSSR count). The molecule has 2 aromatic carbocycles. The second-order valence-electron chi connectivity index (χ2n) is 6.55. The maximum atomic E-state index is 12.7. The summed E-state index contributed by atoms with van der Waals surface area (Å²) in [5, 5.41) is 3.71. The third-order valence-electron chi connectivity index (χ3n) is 4.67. The van der Waals surface area contributed by atoms with Crippen LogP contribution in [0.15, 0.2) is 67.0 Å². The van der Waals surface area contributed by atoms with Gasteiger partial charge in [0.15, 0.2) is 0 Å². The molecule has 1 aromatic heterocycles. The Balaban J connectivity index is 1.36. The molecule has 7 heteroatoms. The molecule has 0 saturated carbocycles. The third kappa shape index (κ3) is 4.23. The van der Waals surface area contributed by atoms with E-state index < -0.39 is 0 Å². The summed E-state index contributed by atoms with van der Waals surface area (Å²) in [5.74, 6) is 0.384. The molecule has 1 aliphatic heterocycles. The molecular formula is C21H20ClN5O. The van der Waals surface area contributed by atoms with E-state index in [-0.39, 0.29) is 5.91 Å². The predicted octanol–water partition coefficient (Wildman–Crippen LogP) is 3.84. The first-order valence-electron chi connectivity index (χ1n) is 9.13. The fourth-order valence-corrected chi connectivity index (χ4v) is 3.38. The molecule has 6 nitrogen and oxygen atoms in total. The van der Waals surface area contributed by atoms with Crippen LogP contribution in [-0.2, 0) is 0 Å². The van der Waals surface area contributed by atoms with Crippen molar-refractivity contribution in [2.75, 3.05) is 36.4 Å². The van der Waals surface area contributed by atoms with Crippen molar-refractivity contribution in [3.05, 3.63) is 77.6 Å². The molecule has 28 heavy (non-hydrogen) atoms. The van der Waals surface area contributed by atoms with Crippen LogP contribution in [0.5, 0.6) is 0 Å². The van der Waals surface area contributed by atoms with Gasteiger partial charge in [0.25, 0.3) is 5.91 Å². The Hall–Kier alpha value is -3.12. The third-order valence-corrected chi connectivity index (χ3v) is 4.90. The first-order chi connectivity index (χ1) is 13.7. The monoisotopic (exact) mass is 393 g/mol. The van der Waals surface area contributed by atoms with E-state index in [2.05, 4.69) is 32.3 Å². The maximum Gasteiger partial charge on any atom is 0.257 e. The number of amides is 1. The van der Waals surface area contributed by atoms with Crippen LogP contribution in [-0.4, -0.2) is 47.0 Å². The maximum absolute atomic E-state index is 12.7. The molecule has 1 amide bonds. The Morgan fingerprint density at radius 2 is 1.64 bits per heavy atom. The van der Waals surface area contributed by atoms with Gasteiger partial charge in [-0.2, -0.15) is 0 Å². The molecule has 0 unspecified atom stereocenters. The topological polar surface area (TPSA) is 61.4 Å². The van der Waals surface area contributed by atoms with Crippen molar-refractivity contribution in [3.8, 4) is 0 Å². The average molecular weight is 394 g/mol. The number of aromatic nitrogens is 2. The molecule has 0 aliphatic carbocycles. The lowest BCUT2D eigenvalue weighted by molar-refractivity contribution is 0.0746. The summed E-state index contributed by atoms with van der Waals surface area (Å²) < 4.78 is 0. The molecule has 142 valence electrons. The van der Waals surface area contributed by atoms with Gasteiger partial charge in [0, 0.05) is 55.0 Å². The number of halogens is 1. The fraction of sp³-hybridized carbons (Fsp3) is 0.190. The number of carbonyl (C=O) groups excluding carboxylic acids is 1. The van der Waals surface area contributed by atoms with Gasteiger partial charge in [0.1, 0.15) is 0 Å². The molecule has 1 fully saturated rings. The predicted molar refractivity (Wildman–Crippen MR) is 111 cm³/mol. The van der Waals surface area contributed by atoms with Crippen LogP contribution in [0.1, 0.15) is 10.4 Å². The second-order valence-corrected chi connectivity index (χ2v) is 6.98. The lowest BCUT2D eigenvalue weighted by Gasteiger charge is -2.36. The number of anilines is 3. The van der Waals surface area contributed by atoms with Gasteiger partial charge in [0.05, 0.1) is 5.56 Å². The smallest absolute Gasteiger partial charge is 0.257 e. The van der Waals surface area contributed by atoms with Crippen LogP contribution >= 0.6 is 11.6 Å². The van der Waals surface area contributed by atoms with Crippen molar-refractivity contribution >= 4 is 34.8 Å². The quantitative estimate of drug-likeness (QED) is 0.729. The number of nitrogens with one attached hydrogen (secondary N) is 1. The van der Waals surface area contributed by atoms with Gasteiger partial charge < -0.3 is 15.1 Å². The minimum Gasteiger partial charge on any atom is -0.368 e. The van der Waals surface area contributed by atoms with E-state index >= 15 is 0 Å². The van der Waals surface area contributed by atoms with Crippen LogP contribution in [0.25, 0.3) is 0 Å². The summed E-state index contributed by atoms with van der Waals surface area (Å²) >= 11 is 5.98. The summed E-state index contributed by atoms with van der Waals surface area (Å²) in [6, 6.07) is 17.6. The average Bonchev–Trinajstić information content (AvgIpc) is 2.75. The van der Waals surface area contributed by atoms with Crippen LogP contribution in [0, 0.1) is 0 Å². The Morgan fingerprint density at radius 3 is 2.32 bits per heavy atom. The molecule has 2 heterocycles. The van der Waals surface area contributed by atoms with E-state index in [4.69, 9.17) is 11.6 Å². The lowest BCUT2D eigenvalue weighted by atomic mass is 10.2. The Kier molecular flexibility index (Phi) is 5.39. The number of para-hydroxylation sites is 1. The zero-order chi connectivity index (χ0) is 19.3. The van der Waals surface area contributed by atoms with Gasteiger partial charge >= 0.3 is 0 Å². The summed E-state index contributed by atoms with van der Waals surface area (Å²) in [5.41, 5.74) is 2.47. The van der Waals surface area contributed by atoms with Crippen molar-refractivity contribution in [2.24, 2.45) is 0 Å². The molecule has 3 aromatic rings. The largest absolute Gasteiger partial charge is 0.368 e. The minimum atomic E-state index is -0.0398. The molecule has 0 spiro atoms. The van der Waals surface area contributed by atoms with Gasteiger partial charge in [-0.15, -0.1) is 0 Å². The van der Waals surface area contributed by atoms with E-state index in [1.54, 1.807) is 24.5 Å². The van der Waals surface area contributed by atoms with E-state index in [0.29, 0.717) is 29.6 Å². The summed E-state index contributed by atoms with van der Waals surface area (Å²) in [6.45, 7) is 2.97. The van der Waals surface area contributed by atoms with Gasteiger partial charge in [-0.1, -0.05) is 35.9 Å². The van der Waals surface area contributed by atoms with Crippen molar-refractivity contribution in [2.45, 2.75) is 0 Å². The molecule has 1 aliphatic rings. The van der Waals surface area contributed by atoms with Crippen molar-refractivity contribution in [3.63, 3.8) is 0 Å². The SMILES string of the molecule is O=C(c1cnc(Nc2cccc(Cl)c2)nc1)N1CCN(c2ccccc2)CC1. The highest BCUT2D eigenvalue weighted by molar-refractivity contribution is 6.30. The molecule has 0 bridgehead atoms. The van der Waals surface area contributed by atoms with Crippen molar-refractivity contribution in [1.82, 2.24) is 14.9 Å². The molecule has 0 radical (unpaired) electrons. The zero-order valence-corrected chi connectivity index (χ0v) is 16.0. The fourth-order valence-electron chi connectivity index (χ4n) is 3.19. The highest BCUT2D eigenvalue weighted by Gasteiger charge is 2.22. The molecule has 1 saturated heterocycles. The van der Waals surface area contributed by atoms with E-state index in [1.807, 2.05) is 35.2 Å². The Labute approximate surface area is 168 Å². The standard InChI is InChI=1S/C21H20ClN5O/c22-17-5-4-6-18(13-17)25-21-23-14-16(15-24-21)20(28)27-11-9-26(10-12-27)19-7-2-1-3-8-19/h1-8,13-15H,9-12H2,(H,23,24,25). The number of hydrogen-bond donors (Lipinski definition) is 1. The Morgan fingerprint density at radius 1 is 0.929 bits per heavy atom. The Bertz CT molecular complexity index is 941. The molecule has 0 atom stereocenters. The number of piperazine rings is 1. The summed E-state index contributed by atoms with van der Waals surface area (Å²) in [7, 11) is 0. The van der Waals surface area contributed by atoms with E-state index in [1.165, 1.54) is 5.69 Å². The van der Waals surface area contributed by atoms with E-state index in [9.17, 15) is 4.79 Å². The van der Waals surface area contributed by atoms with Crippen molar-refractivity contribution < 1.29 is 4.79 Å². The normalized spacial score (nSPS) is 14.0. The van der Waals surface area contributed by atoms with Gasteiger partial charge in [-0.05, 0) is 30.3 Å². The lowest BCUT2D eigenvalue weighted by Crippen LogP contribution is -2.48. The van der Waals surface area contributed by atoms with Crippen molar-refractivity contribution in [1.29, 1.82) is 0 Å². The van der Waals surface area contributed by atoms with Crippen LogP contribution < -0.4 is 10.2 Å². The number of hydrogen-bond acceptors (Lipinski definition) is 5. The molecule has 1 N–H and O–H groups in total. The highest BCUT2D eigenvalue weighted by Crippen LogP contribution is 2.19. The van der Waals surface area contributed by atoms with Crippen LogP contribution in [0.3, 0.4) is 0 Å². The zero-order valence-electron chi connectivity index (χ0n) is 15.3.